The molecule has 0 bridgehead atoms. The van der Waals surface area contributed by atoms with Gasteiger partial charge in [0.25, 0.3) is 0 Å². The summed E-state index contributed by atoms with van der Waals surface area (Å²) in [6.45, 7) is 4.21. The highest BCUT2D eigenvalue weighted by atomic mass is 79.9. The Morgan fingerprint density at radius 1 is 1.41 bits per heavy atom. The van der Waals surface area contributed by atoms with Gasteiger partial charge < -0.3 is 10.6 Å². The van der Waals surface area contributed by atoms with Crippen LogP contribution in [0, 0.1) is 0 Å². The molecule has 2 N–H and O–H groups in total. The molecule has 0 amide bonds. The molecule has 0 aromatic heterocycles. The van der Waals surface area contributed by atoms with E-state index < -0.39 is 0 Å². The van der Waals surface area contributed by atoms with Crippen LogP contribution in [0.25, 0.3) is 0 Å². The molecule has 2 nitrogen and oxygen atoms in total. The summed E-state index contributed by atoms with van der Waals surface area (Å²) in [6.07, 6.45) is 4.92. The number of halogens is 1. The van der Waals surface area contributed by atoms with Crippen LogP contribution in [-0.2, 0) is 6.42 Å². The van der Waals surface area contributed by atoms with Gasteiger partial charge in [0.15, 0.2) is 0 Å². The number of hydrogen-bond donors (Lipinski definition) is 1. The van der Waals surface area contributed by atoms with Crippen LogP contribution >= 0.6 is 15.9 Å². The van der Waals surface area contributed by atoms with Crippen molar-refractivity contribution in [2.75, 3.05) is 18.0 Å². The van der Waals surface area contributed by atoms with Crippen molar-refractivity contribution in [2.24, 2.45) is 5.73 Å². The smallest absolute Gasteiger partial charge is 0.0513 e. The summed E-state index contributed by atoms with van der Waals surface area (Å²) in [5.74, 6) is 0. The first kappa shape index (κ1) is 12.9. The van der Waals surface area contributed by atoms with E-state index in [2.05, 4.69) is 46.0 Å². The summed E-state index contributed by atoms with van der Waals surface area (Å²) >= 11 is 3.70. The van der Waals surface area contributed by atoms with Crippen molar-refractivity contribution in [3.05, 3.63) is 28.2 Å². The summed E-state index contributed by atoms with van der Waals surface area (Å²) in [5, 5.41) is 0. The van der Waals surface area contributed by atoms with Crippen molar-refractivity contribution in [1.82, 2.24) is 0 Å². The maximum Gasteiger partial charge on any atom is 0.0513 e. The number of anilines is 1. The van der Waals surface area contributed by atoms with Crippen LogP contribution < -0.4 is 10.6 Å². The summed E-state index contributed by atoms with van der Waals surface area (Å²) in [6, 6.07) is 7.30. The van der Waals surface area contributed by atoms with Crippen LogP contribution in [0.15, 0.2) is 22.7 Å². The fourth-order valence-corrected chi connectivity index (χ4v) is 3.22. The highest BCUT2D eigenvalue weighted by Gasteiger charge is 2.20. The van der Waals surface area contributed by atoms with Gasteiger partial charge in [-0.2, -0.15) is 0 Å². The Morgan fingerprint density at radius 3 is 2.88 bits per heavy atom. The second kappa shape index (κ2) is 5.87. The van der Waals surface area contributed by atoms with Crippen molar-refractivity contribution in [2.45, 2.75) is 38.6 Å². The van der Waals surface area contributed by atoms with Gasteiger partial charge >= 0.3 is 0 Å². The molecule has 3 heteroatoms. The third-order valence-corrected chi connectivity index (χ3v) is 4.19. The van der Waals surface area contributed by atoms with Gasteiger partial charge in [-0.25, -0.2) is 0 Å². The molecular formula is C14H21BrN2. The van der Waals surface area contributed by atoms with E-state index in [4.69, 9.17) is 5.73 Å². The highest BCUT2D eigenvalue weighted by molar-refractivity contribution is 9.10. The van der Waals surface area contributed by atoms with Crippen LogP contribution in [0.2, 0.25) is 0 Å². The molecule has 1 aliphatic heterocycles. The lowest BCUT2D eigenvalue weighted by molar-refractivity contribution is 0.484. The fourth-order valence-electron chi connectivity index (χ4n) is 2.56. The van der Waals surface area contributed by atoms with Crippen LogP contribution in [0.1, 0.15) is 31.7 Å². The lowest BCUT2D eigenvalue weighted by Gasteiger charge is -2.36. The van der Waals surface area contributed by atoms with E-state index in [1.54, 1.807) is 0 Å². The Kier molecular flexibility index (Phi) is 4.46. The van der Waals surface area contributed by atoms with E-state index in [0.717, 1.165) is 6.42 Å². The number of nitrogens with zero attached hydrogens (tertiary/aromatic N) is 1. The van der Waals surface area contributed by atoms with Crippen molar-refractivity contribution in [3.8, 4) is 0 Å². The Balaban J connectivity index is 2.20. The van der Waals surface area contributed by atoms with Gasteiger partial charge in [0.05, 0.1) is 5.69 Å². The first-order valence-electron chi connectivity index (χ1n) is 6.47. The number of rotatable bonds is 3. The molecule has 0 radical (unpaired) electrons. The molecule has 0 saturated carbocycles. The van der Waals surface area contributed by atoms with Gasteiger partial charge in [-0.15, -0.1) is 0 Å². The third-order valence-electron chi connectivity index (χ3n) is 3.56. The molecule has 1 atom stereocenters. The molecule has 2 rings (SSSR count). The van der Waals surface area contributed by atoms with E-state index in [1.165, 1.54) is 41.5 Å². The Morgan fingerprint density at radius 2 is 2.24 bits per heavy atom. The van der Waals surface area contributed by atoms with Crippen LogP contribution in [0.5, 0.6) is 0 Å². The number of piperidine rings is 1. The molecule has 1 saturated heterocycles. The second-order valence-electron chi connectivity index (χ2n) is 4.86. The van der Waals surface area contributed by atoms with Gasteiger partial charge in [0, 0.05) is 17.1 Å². The van der Waals surface area contributed by atoms with Gasteiger partial charge in [-0.1, -0.05) is 6.07 Å². The number of hydrogen-bond acceptors (Lipinski definition) is 2. The standard InChI is InChI=1S/C14H21BrN2/c1-11-4-2-3-9-17(11)14-6-5-12(7-8-16)10-13(14)15/h5-6,10-11H,2-4,7-9,16H2,1H3. The van der Waals surface area contributed by atoms with Crippen molar-refractivity contribution in [1.29, 1.82) is 0 Å². The topological polar surface area (TPSA) is 29.3 Å². The zero-order valence-corrected chi connectivity index (χ0v) is 12.0. The Labute approximate surface area is 112 Å². The van der Waals surface area contributed by atoms with Gasteiger partial charge in [0.1, 0.15) is 0 Å². The third kappa shape index (κ3) is 3.02. The van der Waals surface area contributed by atoms with Crippen LogP contribution in [0.3, 0.4) is 0 Å². The minimum Gasteiger partial charge on any atom is -0.368 e. The summed E-state index contributed by atoms with van der Waals surface area (Å²) in [7, 11) is 0. The van der Waals surface area contributed by atoms with Gasteiger partial charge in [-0.3, -0.25) is 0 Å². The summed E-state index contributed by atoms with van der Waals surface area (Å²) in [4.78, 5) is 2.51. The Bertz CT molecular complexity index is 378. The molecule has 1 unspecified atom stereocenters. The molecule has 0 spiro atoms. The molecule has 1 fully saturated rings. The molecule has 1 aromatic carbocycles. The van der Waals surface area contributed by atoms with Crippen molar-refractivity contribution >= 4 is 21.6 Å². The fraction of sp³-hybridized carbons (Fsp3) is 0.571. The van der Waals surface area contributed by atoms with E-state index in [-0.39, 0.29) is 0 Å². The molecule has 1 aliphatic rings. The van der Waals surface area contributed by atoms with Crippen LogP contribution in [-0.4, -0.2) is 19.1 Å². The Hall–Kier alpha value is -0.540. The van der Waals surface area contributed by atoms with E-state index in [9.17, 15) is 0 Å². The highest BCUT2D eigenvalue weighted by Crippen LogP contribution is 2.32. The molecule has 1 heterocycles. The van der Waals surface area contributed by atoms with Crippen molar-refractivity contribution < 1.29 is 0 Å². The average molecular weight is 297 g/mol. The lowest BCUT2D eigenvalue weighted by Crippen LogP contribution is -2.37. The summed E-state index contributed by atoms with van der Waals surface area (Å²) in [5.41, 5.74) is 8.23. The molecule has 1 aromatic rings. The normalized spacial score (nSPS) is 20.6. The van der Waals surface area contributed by atoms with Crippen LogP contribution in [0.4, 0.5) is 5.69 Å². The van der Waals surface area contributed by atoms with E-state index >= 15 is 0 Å². The zero-order chi connectivity index (χ0) is 12.3. The maximum absolute atomic E-state index is 5.59. The first-order valence-corrected chi connectivity index (χ1v) is 7.27. The lowest BCUT2D eigenvalue weighted by atomic mass is 10.0. The number of benzene rings is 1. The quantitative estimate of drug-likeness (QED) is 0.927. The maximum atomic E-state index is 5.59. The summed E-state index contributed by atoms with van der Waals surface area (Å²) < 4.78 is 1.21. The van der Waals surface area contributed by atoms with Gasteiger partial charge in [0.2, 0.25) is 0 Å². The monoisotopic (exact) mass is 296 g/mol. The predicted molar refractivity (Wildman–Crippen MR) is 77.6 cm³/mol. The van der Waals surface area contributed by atoms with E-state index in [1.807, 2.05) is 0 Å². The molecule has 0 aliphatic carbocycles. The largest absolute Gasteiger partial charge is 0.368 e. The van der Waals surface area contributed by atoms with Crippen molar-refractivity contribution in [3.63, 3.8) is 0 Å². The first-order chi connectivity index (χ1) is 8.22. The zero-order valence-electron chi connectivity index (χ0n) is 10.5. The molecule has 17 heavy (non-hydrogen) atoms. The predicted octanol–water partition coefficient (Wildman–Crippen LogP) is 3.33. The van der Waals surface area contributed by atoms with Gasteiger partial charge in [-0.05, 0) is 72.8 Å². The molecule has 94 valence electrons. The average Bonchev–Trinajstić information content (AvgIpc) is 2.31. The minimum absolute atomic E-state index is 0.653. The van der Waals surface area contributed by atoms with E-state index in [0.29, 0.717) is 12.6 Å². The minimum atomic E-state index is 0.653. The SMILES string of the molecule is CC1CCCCN1c1ccc(CCN)cc1Br. The molecular weight excluding hydrogens is 276 g/mol. The number of nitrogens with two attached hydrogens (primary N) is 1. The second-order valence-corrected chi connectivity index (χ2v) is 5.72.